The Hall–Kier alpha value is -0.980. The highest BCUT2D eigenvalue weighted by atomic mass is 16.6. The van der Waals surface area contributed by atoms with Crippen LogP contribution < -0.4 is 0 Å². The van der Waals surface area contributed by atoms with Crippen LogP contribution in [0.4, 0.5) is 0 Å². The van der Waals surface area contributed by atoms with E-state index in [0.29, 0.717) is 26.1 Å². The van der Waals surface area contributed by atoms with Gasteiger partial charge in [0.15, 0.2) is 0 Å². The van der Waals surface area contributed by atoms with Gasteiger partial charge in [0.25, 0.3) is 0 Å². The van der Waals surface area contributed by atoms with Gasteiger partial charge in [-0.1, -0.05) is 0 Å². The predicted octanol–water partition coefficient (Wildman–Crippen LogP) is 2.00. The van der Waals surface area contributed by atoms with Gasteiger partial charge in [-0.2, -0.15) is 0 Å². The summed E-state index contributed by atoms with van der Waals surface area (Å²) in [5, 5.41) is 22.5. The zero-order valence-electron chi connectivity index (χ0n) is 17.0. The van der Waals surface area contributed by atoms with Crippen molar-refractivity contribution in [2.75, 3.05) is 13.2 Å². The fourth-order valence-electron chi connectivity index (χ4n) is 9.25. The summed E-state index contributed by atoms with van der Waals surface area (Å²) in [6, 6.07) is 0. The van der Waals surface area contributed by atoms with Gasteiger partial charge in [0, 0.05) is 16.7 Å². The molecule has 0 radical (unpaired) electrons. The predicted molar refractivity (Wildman–Crippen MR) is 102 cm³/mol. The topological polar surface area (TPSA) is 93.1 Å². The number of hydrogen-bond acceptors (Lipinski definition) is 6. The van der Waals surface area contributed by atoms with E-state index in [1.54, 1.807) is 0 Å². The number of carbonyl (C=O) groups is 2. The minimum atomic E-state index is -0.827. The fraction of sp³-hybridized carbons (Fsp3) is 0.913. The summed E-state index contributed by atoms with van der Waals surface area (Å²) in [5.74, 6) is 0.512. The molecule has 0 aromatic rings. The number of carbonyl (C=O) groups excluding carboxylic acids is 2. The summed E-state index contributed by atoms with van der Waals surface area (Å²) in [5.41, 5.74) is -2.08. The molecule has 6 nitrogen and oxygen atoms in total. The van der Waals surface area contributed by atoms with Crippen molar-refractivity contribution in [2.24, 2.45) is 34.5 Å². The molecule has 1 unspecified atom stereocenters. The van der Waals surface area contributed by atoms with Gasteiger partial charge in [-0.15, -0.1) is 0 Å². The Bertz CT molecular complexity index is 754. The maximum atomic E-state index is 12.5. The molecule has 0 bridgehead atoms. The second-order valence-corrected chi connectivity index (χ2v) is 11.0. The smallest absolute Gasteiger partial charge is 0.308 e. The molecule has 6 fully saturated rings. The van der Waals surface area contributed by atoms with E-state index in [2.05, 4.69) is 0 Å². The molecular formula is C23H32O6. The Balaban J connectivity index is 1.37. The number of hydrogen-bond donors (Lipinski definition) is 2. The van der Waals surface area contributed by atoms with Crippen LogP contribution in [-0.4, -0.2) is 53.0 Å². The zero-order chi connectivity index (χ0) is 20.1. The molecule has 9 atom stereocenters. The van der Waals surface area contributed by atoms with Gasteiger partial charge in [-0.05, 0) is 75.5 Å². The average molecular weight is 405 g/mol. The van der Waals surface area contributed by atoms with Crippen molar-refractivity contribution in [2.45, 2.75) is 81.5 Å². The molecule has 6 heteroatoms. The second-order valence-electron chi connectivity index (χ2n) is 11.0. The molecule has 160 valence electrons. The lowest BCUT2D eigenvalue weighted by Crippen LogP contribution is -2.64. The molecule has 0 amide bonds. The van der Waals surface area contributed by atoms with Crippen molar-refractivity contribution >= 4 is 12.3 Å². The Morgan fingerprint density at radius 1 is 1.00 bits per heavy atom. The van der Waals surface area contributed by atoms with Crippen LogP contribution in [0.1, 0.15) is 64.2 Å². The minimum Gasteiger partial charge on any atom is -0.462 e. The van der Waals surface area contributed by atoms with Crippen LogP contribution in [0.5, 0.6) is 0 Å². The SMILES string of the molecule is O=C[C@]12CC[C@H](O)C[C@H]1CC[C@@H]1[C@@H]2CC[C@]23COC4(COC(=O)C4)[C@H]2CC[C@]13O. The van der Waals surface area contributed by atoms with E-state index in [0.717, 1.165) is 51.4 Å². The van der Waals surface area contributed by atoms with E-state index >= 15 is 0 Å². The molecule has 4 saturated carbocycles. The number of aliphatic hydroxyl groups is 2. The molecule has 0 aromatic carbocycles. The first-order chi connectivity index (χ1) is 13.9. The first-order valence-electron chi connectivity index (χ1n) is 11.6. The first-order valence-corrected chi connectivity index (χ1v) is 11.6. The number of fused-ring (bicyclic) bond motifs is 5. The minimum absolute atomic E-state index is 0.106. The third kappa shape index (κ3) is 2.09. The van der Waals surface area contributed by atoms with E-state index in [4.69, 9.17) is 9.47 Å². The summed E-state index contributed by atoms with van der Waals surface area (Å²) in [6.45, 7) is 0.824. The van der Waals surface area contributed by atoms with E-state index < -0.39 is 11.2 Å². The van der Waals surface area contributed by atoms with Crippen molar-refractivity contribution < 1.29 is 29.3 Å². The van der Waals surface area contributed by atoms with Gasteiger partial charge in [-0.25, -0.2) is 0 Å². The quantitative estimate of drug-likeness (QED) is 0.513. The van der Waals surface area contributed by atoms with Crippen molar-refractivity contribution in [3.8, 4) is 0 Å². The van der Waals surface area contributed by atoms with Crippen LogP contribution in [0.15, 0.2) is 0 Å². The molecule has 2 spiro atoms. The standard InChI is InChI=1S/C23H32O6/c24-11-20-6-3-15(25)9-14(20)1-2-17-16(20)4-7-21-12-29-22(10-19(26)28-13-22)18(21)5-8-23(17,21)27/h11,14-18,25,27H,1-10,12-13H2/t14-,15+,16+,17-,18+,20-,21+,22?,23+/m1/s1. The maximum Gasteiger partial charge on any atom is 0.308 e. The highest BCUT2D eigenvalue weighted by molar-refractivity contribution is 5.73. The molecule has 2 heterocycles. The van der Waals surface area contributed by atoms with Crippen LogP contribution in [0, 0.1) is 34.5 Å². The molecule has 4 aliphatic carbocycles. The lowest BCUT2D eigenvalue weighted by Gasteiger charge is -2.62. The summed E-state index contributed by atoms with van der Waals surface area (Å²) in [7, 11) is 0. The highest BCUT2D eigenvalue weighted by Crippen LogP contribution is 2.72. The molecule has 29 heavy (non-hydrogen) atoms. The number of esters is 1. The lowest BCUT2D eigenvalue weighted by molar-refractivity contribution is -0.210. The van der Waals surface area contributed by atoms with Gasteiger partial charge in [0.1, 0.15) is 18.5 Å². The maximum absolute atomic E-state index is 12.5. The third-order valence-corrected chi connectivity index (χ3v) is 10.5. The van der Waals surface area contributed by atoms with Crippen molar-refractivity contribution in [1.29, 1.82) is 0 Å². The Kier molecular flexibility index (Phi) is 3.77. The summed E-state index contributed by atoms with van der Waals surface area (Å²) < 4.78 is 11.6. The van der Waals surface area contributed by atoms with E-state index in [1.807, 2.05) is 0 Å². The van der Waals surface area contributed by atoms with Gasteiger partial charge in [0.05, 0.1) is 24.7 Å². The second kappa shape index (κ2) is 5.83. The van der Waals surface area contributed by atoms with Crippen molar-refractivity contribution in [1.82, 2.24) is 0 Å². The molecule has 2 saturated heterocycles. The fourth-order valence-corrected chi connectivity index (χ4v) is 9.25. The van der Waals surface area contributed by atoms with Crippen LogP contribution in [-0.2, 0) is 19.1 Å². The Morgan fingerprint density at radius 3 is 2.62 bits per heavy atom. The monoisotopic (exact) mass is 404 g/mol. The number of rotatable bonds is 1. The molecule has 6 rings (SSSR count). The molecule has 0 aromatic heterocycles. The largest absolute Gasteiger partial charge is 0.462 e. The van der Waals surface area contributed by atoms with Crippen LogP contribution in [0.2, 0.25) is 0 Å². The number of aliphatic hydroxyl groups excluding tert-OH is 1. The zero-order valence-corrected chi connectivity index (χ0v) is 17.0. The molecular weight excluding hydrogens is 372 g/mol. The normalized spacial score (nSPS) is 58.3. The van der Waals surface area contributed by atoms with Gasteiger partial charge in [0.2, 0.25) is 0 Å². The molecule has 2 aliphatic heterocycles. The first kappa shape index (κ1) is 18.8. The number of ether oxygens (including phenoxy) is 2. The van der Waals surface area contributed by atoms with E-state index in [1.165, 1.54) is 6.29 Å². The van der Waals surface area contributed by atoms with E-state index in [-0.39, 0.29) is 46.6 Å². The van der Waals surface area contributed by atoms with Crippen LogP contribution in [0.3, 0.4) is 0 Å². The lowest BCUT2D eigenvalue weighted by atomic mass is 9.43. The van der Waals surface area contributed by atoms with Crippen LogP contribution in [0.25, 0.3) is 0 Å². The Morgan fingerprint density at radius 2 is 1.86 bits per heavy atom. The molecule has 6 aliphatic rings. The number of aldehydes is 1. The van der Waals surface area contributed by atoms with Gasteiger partial charge in [-0.3, -0.25) is 4.79 Å². The number of cyclic esters (lactones) is 1. The van der Waals surface area contributed by atoms with Gasteiger partial charge < -0.3 is 24.5 Å². The average Bonchev–Trinajstić information content (AvgIpc) is 3.34. The summed E-state index contributed by atoms with van der Waals surface area (Å²) >= 11 is 0. The molecule has 2 N–H and O–H groups in total. The van der Waals surface area contributed by atoms with Crippen molar-refractivity contribution in [3.63, 3.8) is 0 Å². The van der Waals surface area contributed by atoms with Crippen molar-refractivity contribution in [3.05, 3.63) is 0 Å². The van der Waals surface area contributed by atoms with Gasteiger partial charge >= 0.3 is 5.97 Å². The summed E-state index contributed by atoms with van der Waals surface area (Å²) in [6.07, 6.45) is 8.60. The van der Waals surface area contributed by atoms with E-state index in [9.17, 15) is 19.8 Å². The highest BCUT2D eigenvalue weighted by Gasteiger charge is 2.76. The summed E-state index contributed by atoms with van der Waals surface area (Å²) in [4.78, 5) is 24.4. The Labute approximate surface area is 171 Å². The van der Waals surface area contributed by atoms with Crippen LogP contribution >= 0.6 is 0 Å². The third-order valence-electron chi connectivity index (χ3n) is 10.5.